The highest BCUT2D eigenvalue weighted by Gasteiger charge is 2.09. The van der Waals surface area contributed by atoms with E-state index in [4.69, 9.17) is 4.74 Å². The van der Waals surface area contributed by atoms with Crippen molar-refractivity contribution in [3.05, 3.63) is 29.8 Å². The van der Waals surface area contributed by atoms with Crippen LogP contribution in [-0.4, -0.2) is 14.2 Å². The van der Waals surface area contributed by atoms with Gasteiger partial charge in [-0.1, -0.05) is 57.6 Å². The molecule has 2 heteroatoms. The summed E-state index contributed by atoms with van der Waals surface area (Å²) in [6, 6.07) is 8.83. The van der Waals surface area contributed by atoms with Gasteiger partial charge in [0.05, 0.1) is 7.11 Å². The van der Waals surface area contributed by atoms with Crippen LogP contribution in [0.25, 0.3) is 0 Å². The van der Waals surface area contributed by atoms with E-state index in [9.17, 15) is 0 Å². The summed E-state index contributed by atoms with van der Waals surface area (Å²) in [5.41, 5.74) is 1.33. The normalized spacial score (nSPS) is 12.4. The standard InChI is InChI=1S/C17H29NO/c1-4-5-6-7-8-9-13-17(18-2)15-11-10-12-16(14-15)19-3/h10-12,14,17-18H,4-9,13H2,1-3H3. The number of hydrogen-bond donors (Lipinski definition) is 1. The molecule has 1 N–H and O–H groups in total. The van der Waals surface area contributed by atoms with Gasteiger partial charge < -0.3 is 10.1 Å². The van der Waals surface area contributed by atoms with Gasteiger partial charge in [-0.2, -0.15) is 0 Å². The summed E-state index contributed by atoms with van der Waals surface area (Å²) in [5.74, 6) is 0.945. The highest BCUT2D eigenvalue weighted by atomic mass is 16.5. The van der Waals surface area contributed by atoms with E-state index >= 15 is 0 Å². The van der Waals surface area contributed by atoms with Crippen LogP contribution in [0.3, 0.4) is 0 Å². The molecule has 0 fully saturated rings. The molecule has 0 aliphatic rings. The Morgan fingerprint density at radius 2 is 1.84 bits per heavy atom. The molecular weight excluding hydrogens is 234 g/mol. The number of hydrogen-bond acceptors (Lipinski definition) is 2. The molecule has 1 aromatic carbocycles. The summed E-state index contributed by atoms with van der Waals surface area (Å²) in [5, 5.41) is 3.42. The number of nitrogens with one attached hydrogen (secondary N) is 1. The highest BCUT2D eigenvalue weighted by Crippen LogP contribution is 2.23. The Morgan fingerprint density at radius 1 is 1.11 bits per heavy atom. The van der Waals surface area contributed by atoms with Gasteiger partial charge in [-0.25, -0.2) is 0 Å². The first-order chi connectivity index (χ1) is 9.31. The number of ether oxygens (including phenoxy) is 1. The Morgan fingerprint density at radius 3 is 2.53 bits per heavy atom. The van der Waals surface area contributed by atoms with Crippen LogP contribution in [-0.2, 0) is 0 Å². The quantitative estimate of drug-likeness (QED) is 0.617. The highest BCUT2D eigenvalue weighted by molar-refractivity contribution is 5.30. The van der Waals surface area contributed by atoms with Crippen molar-refractivity contribution in [1.29, 1.82) is 0 Å². The maximum absolute atomic E-state index is 5.29. The van der Waals surface area contributed by atoms with Crippen LogP contribution in [0.1, 0.15) is 63.5 Å². The number of methoxy groups -OCH3 is 1. The van der Waals surface area contributed by atoms with Crippen LogP contribution in [0.5, 0.6) is 5.75 Å². The molecule has 0 aromatic heterocycles. The van der Waals surface area contributed by atoms with E-state index in [0.29, 0.717) is 6.04 Å². The minimum absolute atomic E-state index is 0.446. The predicted octanol–water partition coefficient (Wildman–Crippen LogP) is 4.71. The molecule has 0 spiro atoms. The lowest BCUT2D eigenvalue weighted by Crippen LogP contribution is -2.16. The minimum Gasteiger partial charge on any atom is -0.497 e. The molecule has 0 amide bonds. The average molecular weight is 263 g/mol. The molecule has 0 aliphatic carbocycles. The van der Waals surface area contributed by atoms with Gasteiger partial charge in [0.2, 0.25) is 0 Å². The largest absolute Gasteiger partial charge is 0.497 e. The lowest BCUT2D eigenvalue weighted by molar-refractivity contribution is 0.412. The second-order valence-corrected chi connectivity index (χ2v) is 5.17. The average Bonchev–Trinajstić information content (AvgIpc) is 2.46. The molecule has 108 valence electrons. The van der Waals surface area contributed by atoms with Gasteiger partial charge in [-0.05, 0) is 31.2 Å². The van der Waals surface area contributed by atoms with Crippen molar-refractivity contribution in [2.45, 2.75) is 57.9 Å². The Balaban J connectivity index is 2.35. The summed E-state index contributed by atoms with van der Waals surface area (Å²) in [6.45, 7) is 2.26. The molecule has 0 heterocycles. The maximum atomic E-state index is 5.29. The van der Waals surface area contributed by atoms with E-state index in [1.54, 1.807) is 7.11 Å². The summed E-state index contributed by atoms with van der Waals surface area (Å²) < 4.78 is 5.29. The fraction of sp³-hybridized carbons (Fsp3) is 0.647. The van der Waals surface area contributed by atoms with Gasteiger partial charge in [0.1, 0.15) is 5.75 Å². The van der Waals surface area contributed by atoms with E-state index < -0.39 is 0 Å². The fourth-order valence-corrected chi connectivity index (χ4v) is 2.46. The SMILES string of the molecule is CCCCCCCCC(NC)c1cccc(OC)c1. The molecule has 2 nitrogen and oxygen atoms in total. The van der Waals surface area contributed by atoms with Gasteiger partial charge >= 0.3 is 0 Å². The second-order valence-electron chi connectivity index (χ2n) is 5.17. The first kappa shape index (κ1) is 16.0. The third-order valence-corrected chi connectivity index (χ3v) is 3.69. The number of benzene rings is 1. The molecule has 0 bridgehead atoms. The first-order valence-corrected chi connectivity index (χ1v) is 7.63. The Bertz CT molecular complexity index is 338. The molecular formula is C17H29NO. The van der Waals surface area contributed by atoms with Crippen molar-refractivity contribution in [2.24, 2.45) is 0 Å². The zero-order chi connectivity index (χ0) is 13.9. The summed E-state index contributed by atoms with van der Waals surface area (Å²) in [4.78, 5) is 0. The van der Waals surface area contributed by atoms with Crippen LogP contribution < -0.4 is 10.1 Å². The number of unbranched alkanes of at least 4 members (excludes halogenated alkanes) is 5. The van der Waals surface area contributed by atoms with Crippen molar-refractivity contribution < 1.29 is 4.74 Å². The van der Waals surface area contributed by atoms with Crippen LogP contribution in [0.2, 0.25) is 0 Å². The zero-order valence-corrected chi connectivity index (χ0v) is 12.7. The van der Waals surface area contributed by atoms with E-state index in [-0.39, 0.29) is 0 Å². The van der Waals surface area contributed by atoms with Crippen LogP contribution in [0, 0.1) is 0 Å². The Hall–Kier alpha value is -1.02. The smallest absolute Gasteiger partial charge is 0.119 e. The van der Waals surface area contributed by atoms with Crippen LogP contribution >= 0.6 is 0 Å². The van der Waals surface area contributed by atoms with Crippen molar-refractivity contribution >= 4 is 0 Å². The van der Waals surface area contributed by atoms with Gasteiger partial charge in [0, 0.05) is 6.04 Å². The first-order valence-electron chi connectivity index (χ1n) is 7.63. The summed E-state index contributed by atoms with van der Waals surface area (Å²) >= 11 is 0. The fourth-order valence-electron chi connectivity index (χ4n) is 2.46. The van der Waals surface area contributed by atoms with Crippen molar-refractivity contribution in [3.8, 4) is 5.75 Å². The summed E-state index contributed by atoms with van der Waals surface area (Å²) in [6.07, 6.45) is 9.32. The van der Waals surface area contributed by atoms with Gasteiger partial charge in [-0.15, -0.1) is 0 Å². The number of rotatable bonds is 10. The van der Waals surface area contributed by atoms with E-state index in [1.807, 2.05) is 13.1 Å². The van der Waals surface area contributed by atoms with E-state index in [1.165, 1.54) is 50.5 Å². The van der Waals surface area contributed by atoms with Crippen LogP contribution in [0.15, 0.2) is 24.3 Å². The molecule has 0 radical (unpaired) electrons. The summed E-state index contributed by atoms with van der Waals surface area (Å²) in [7, 11) is 3.77. The molecule has 1 rings (SSSR count). The Kier molecular flexibility index (Phi) is 8.31. The maximum Gasteiger partial charge on any atom is 0.119 e. The molecule has 0 saturated heterocycles. The molecule has 1 atom stereocenters. The van der Waals surface area contributed by atoms with Crippen molar-refractivity contribution in [2.75, 3.05) is 14.2 Å². The molecule has 19 heavy (non-hydrogen) atoms. The Labute approximate surface area is 118 Å². The van der Waals surface area contributed by atoms with Crippen LogP contribution in [0.4, 0.5) is 0 Å². The van der Waals surface area contributed by atoms with E-state index in [2.05, 4.69) is 30.4 Å². The molecule has 0 saturated carbocycles. The third kappa shape index (κ3) is 6.11. The molecule has 1 aromatic rings. The van der Waals surface area contributed by atoms with Crippen molar-refractivity contribution in [3.63, 3.8) is 0 Å². The lowest BCUT2D eigenvalue weighted by Gasteiger charge is -2.17. The topological polar surface area (TPSA) is 21.3 Å². The zero-order valence-electron chi connectivity index (χ0n) is 12.7. The third-order valence-electron chi connectivity index (χ3n) is 3.69. The van der Waals surface area contributed by atoms with Gasteiger partial charge in [-0.3, -0.25) is 0 Å². The molecule has 0 aliphatic heterocycles. The van der Waals surface area contributed by atoms with E-state index in [0.717, 1.165) is 5.75 Å². The molecule has 1 unspecified atom stereocenters. The van der Waals surface area contributed by atoms with Gasteiger partial charge in [0.15, 0.2) is 0 Å². The monoisotopic (exact) mass is 263 g/mol. The van der Waals surface area contributed by atoms with Crippen molar-refractivity contribution in [1.82, 2.24) is 5.32 Å². The second kappa shape index (κ2) is 9.85. The lowest BCUT2D eigenvalue weighted by atomic mass is 9.99. The van der Waals surface area contributed by atoms with Gasteiger partial charge in [0.25, 0.3) is 0 Å². The minimum atomic E-state index is 0.446. The predicted molar refractivity (Wildman–Crippen MR) is 82.8 cm³/mol.